The molecule has 3 unspecified atom stereocenters. The van der Waals surface area contributed by atoms with Crippen LogP contribution in [0.4, 0.5) is 5.95 Å². The smallest absolute Gasteiger partial charge is 0.329 e. The summed E-state index contributed by atoms with van der Waals surface area (Å²) < 4.78 is 5.32. The predicted molar refractivity (Wildman–Crippen MR) is 113 cm³/mol. The predicted octanol–water partition coefficient (Wildman–Crippen LogP) is 2.70. The van der Waals surface area contributed by atoms with Crippen LogP contribution in [0, 0.1) is 16.7 Å². The highest BCUT2D eigenvalue weighted by Gasteiger charge is 2.60. The Bertz CT molecular complexity index is 840. The molecule has 1 aliphatic heterocycles. The Morgan fingerprint density at radius 3 is 2.67 bits per heavy atom. The summed E-state index contributed by atoms with van der Waals surface area (Å²) in [7, 11) is 0. The maximum absolute atomic E-state index is 12.7. The Morgan fingerprint density at radius 1 is 1.23 bits per heavy atom. The lowest BCUT2D eigenvalue weighted by Gasteiger charge is -2.34. The summed E-state index contributed by atoms with van der Waals surface area (Å²) in [5.41, 5.74) is 3.89. The number of fused-ring (bicyclic) bond motifs is 2. The molecule has 3 atom stereocenters. The summed E-state index contributed by atoms with van der Waals surface area (Å²) in [5.74, 6) is 0.312. The van der Waals surface area contributed by atoms with E-state index in [0.29, 0.717) is 24.8 Å². The van der Waals surface area contributed by atoms with Gasteiger partial charge in [0.15, 0.2) is 6.61 Å². The number of carbonyl (C=O) groups is 2. The van der Waals surface area contributed by atoms with Gasteiger partial charge in [0.05, 0.1) is 0 Å². The number of hydrazone groups is 1. The van der Waals surface area contributed by atoms with Gasteiger partial charge in [-0.15, -0.1) is 0 Å². The molecule has 1 aromatic heterocycles. The van der Waals surface area contributed by atoms with Gasteiger partial charge in [0.25, 0.3) is 5.91 Å². The first kappa shape index (κ1) is 20.8. The summed E-state index contributed by atoms with van der Waals surface area (Å²) in [6.45, 7) is 7.19. The van der Waals surface area contributed by atoms with E-state index in [0.717, 1.165) is 31.4 Å². The fourth-order valence-corrected chi connectivity index (χ4v) is 5.35. The molecule has 2 heterocycles. The lowest BCUT2D eigenvalue weighted by Crippen LogP contribution is -2.47. The molecule has 1 aromatic rings. The minimum atomic E-state index is -0.467. The molecule has 2 aliphatic carbocycles. The molecule has 8 heteroatoms. The number of hydrogen-bond acceptors (Lipinski definition) is 7. The maximum atomic E-state index is 12.7. The van der Waals surface area contributed by atoms with Gasteiger partial charge in [-0.1, -0.05) is 20.8 Å². The maximum Gasteiger partial charge on any atom is 0.329 e. The highest BCUT2D eigenvalue weighted by molar-refractivity contribution is 5.95. The molecule has 3 aliphatic rings. The quantitative estimate of drug-likeness (QED) is 0.589. The van der Waals surface area contributed by atoms with Gasteiger partial charge in [0.2, 0.25) is 5.95 Å². The van der Waals surface area contributed by atoms with E-state index in [4.69, 9.17) is 4.74 Å². The highest BCUT2D eigenvalue weighted by Crippen LogP contribution is 2.63. The fourth-order valence-electron chi connectivity index (χ4n) is 5.35. The van der Waals surface area contributed by atoms with E-state index in [9.17, 15) is 9.59 Å². The molecule has 1 amide bonds. The normalized spacial score (nSPS) is 31.0. The first-order chi connectivity index (χ1) is 14.3. The third-order valence-electron chi connectivity index (χ3n) is 7.76. The fraction of sp³-hybridized carbons (Fsp3) is 0.682. The Morgan fingerprint density at radius 2 is 2.00 bits per heavy atom. The number of hydrogen-bond donors (Lipinski definition) is 1. The zero-order valence-corrected chi connectivity index (χ0v) is 18.1. The van der Waals surface area contributed by atoms with E-state index in [-0.39, 0.29) is 17.4 Å². The lowest BCUT2D eigenvalue weighted by molar-refractivity contribution is -0.150. The van der Waals surface area contributed by atoms with Crippen molar-refractivity contribution in [2.24, 2.45) is 21.8 Å². The molecule has 0 radical (unpaired) electrons. The molecule has 2 saturated carbocycles. The van der Waals surface area contributed by atoms with E-state index < -0.39 is 17.9 Å². The molecule has 8 nitrogen and oxygen atoms in total. The second-order valence-electron chi connectivity index (χ2n) is 9.45. The zero-order chi connectivity index (χ0) is 21.4. The number of aromatic nitrogens is 2. The minimum Gasteiger partial charge on any atom is -0.454 e. The van der Waals surface area contributed by atoms with E-state index in [1.807, 2.05) is 4.90 Å². The van der Waals surface area contributed by atoms with Crippen molar-refractivity contribution in [1.82, 2.24) is 15.4 Å². The molecule has 1 saturated heterocycles. The van der Waals surface area contributed by atoms with E-state index >= 15 is 0 Å². The van der Waals surface area contributed by atoms with Crippen LogP contribution in [0.5, 0.6) is 0 Å². The number of carbonyl (C=O) groups excluding carboxylic acids is 2. The van der Waals surface area contributed by atoms with Crippen molar-refractivity contribution in [3.63, 3.8) is 0 Å². The van der Waals surface area contributed by atoms with Crippen LogP contribution in [0.3, 0.4) is 0 Å². The van der Waals surface area contributed by atoms with Crippen molar-refractivity contribution < 1.29 is 14.3 Å². The molecular weight excluding hydrogens is 382 g/mol. The number of nitrogens with one attached hydrogen (secondary N) is 1. The van der Waals surface area contributed by atoms with Crippen molar-refractivity contribution in [3.8, 4) is 0 Å². The van der Waals surface area contributed by atoms with Gasteiger partial charge in [-0.3, -0.25) is 4.79 Å². The summed E-state index contributed by atoms with van der Waals surface area (Å²) in [4.78, 5) is 35.3. The number of anilines is 1. The Balaban J connectivity index is 1.32. The molecule has 1 N–H and O–H groups in total. The second kappa shape index (κ2) is 7.96. The molecule has 0 spiro atoms. The standard InChI is InChI=1S/C22H31N5O3/c1-21(2)15-8-9-22(21,3)17(13-15)25-26-18(28)14-30-19(29)16-7-4-5-12-27(16)20-23-10-6-11-24-20/h6,10-11,15-16H,4-5,7-9,12-14H2,1-3H3,(H,26,28)/b25-17-. The molecule has 2 bridgehead atoms. The first-order valence-corrected chi connectivity index (χ1v) is 10.9. The SMILES string of the molecule is CC12CCC(C/C1=N/NC(=O)COC(=O)C1CCCCN1c1ncccn1)C2(C)C. The van der Waals surface area contributed by atoms with Crippen LogP contribution in [-0.4, -0.2) is 46.7 Å². The Kier molecular flexibility index (Phi) is 5.51. The third-order valence-corrected chi connectivity index (χ3v) is 7.76. The number of amides is 1. The van der Waals surface area contributed by atoms with Crippen molar-refractivity contribution in [2.75, 3.05) is 18.1 Å². The van der Waals surface area contributed by atoms with Gasteiger partial charge >= 0.3 is 5.97 Å². The summed E-state index contributed by atoms with van der Waals surface area (Å²) in [6, 6.07) is 1.27. The average molecular weight is 414 g/mol. The third kappa shape index (κ3) is 3.56. The van der Waals surface area contributed by atoms with Crippen molar-refractivity contribution in [1.29, 1.82) is 0 Å². The van der Waals surface area contributed by atoms with Gasteiger partial charge in [-0.05, 0) is 55.9 Å². The monoisotopic (exact) mass is 413 g/mol. The number of nitrogens with zero attached hydrogens (tertiary/aromatic N) is 4. The Labute approximate surface area is 177 Å². The van der Waals surface area contributed by atoms with Crippen LogP contribution in [0.1, 0.15) is 59.3 Å². The topological polar surface area (TPSA) is 96.8 Å². The lowest BCUT2D eigenvalue weighted by atomic mass is 9.70. The summed E-state index contributed by atoms with van der Waals surface area (Å²) in [6.07, 6.45) is 9.12. The van der Waals surface area contributed by atoms with E-state index in [1.165, 1.54) is 6.42 Å². The first-order valence-electron chi connectivity index (χ1n) is 10.9. The van der Waals surface area contributed by atoms with Gasteiger partial charge in [0.1, 0.15) is 6.04 Å². The number of piperidine rings is 1. The molecular formula is C22H31N5O3. The van der Waals surface area contributed by atoms with Crippen LogP contribution in [0.2, 0.25) is 0 Å². The van der Waals surface area contributed by atoms with Gasteiger partial charge in [0, 0.05) is 30.1 Å². The van der Waals surface area contributed by atoms with Crippen molar-refractivity contribution in [2.45, 2.75) is 65.3 Å². The number of esters is 1. The second-order valence-corrected chi connectivity index (χ2v) is 9.45. The molecule has 4 rings (SSSR count). The molecule has 3 fully saturated rings. The number of ether oxygens (including phenoxy) is 1. The van der Waals surface area contributed by atoms with Crippen molar-refractivity contribution in [3.05, 3.63) is 18.5 Å². The molecule has 0 aromatic carbocycles. The zero-order valence-electron chi connectivity index (χ0n) is 18.1. The van der Waals surface area contributed by atoms with Crippen LogP contribution in [0.15, 0.2) is 23.6 Å². The van der Waals surface area contributed by atoms with Crippen molar-refractivity contribution >= 4 is 23.5 Å². The largest absolute Gasteiger partial charge is 0.454 e. The number of rotatable bonds is 5. The molecule has 162 valence electrons. The van der Waals surface area contributed by atoms with E-state index in [1.54, 1.807) is 18.5 Å². The molecule has 30 heavy (non-hydrogen) atoms. The van der Waals surface area contributed by atoms with Crippen LogP contribution in [-0.2, 0) is 14.3 Å². The van der Waals surface area contributed by atoms with Gasteiger partial charge < -0.3 is 9.64 Å². The van der Waals surface area contributed by atoms with Gasteiger partial charge in [-0.2, -0.15) is 5.10 Å². The van der Waals surface area contributed by atoms with Gasteiger partial charge in [-0.25, -0.2) is 20.2 Å². The highest BCUT2D eigenvalue weighted by atomic mass is 16.5. The van der Waals surface area contributed by atoms with E-state index in [2.05, 4.69) is 41.3 Å². The van der Waals surface area contributed by atoms with Crippen LogP contribution < -0.4 is 10.3 Å². The summed E-state index contributed by atoms with van der Waals surface area (Å²) >= 11 is 0. The van der Waals surface area contributed by atoms with Crippen LogP contribution >= 0.6 is 0 Å². The van der Waals surface area contributed by atoms with Crippen LogP contribution in [0.25, 0.3) is 0 Å². The minimum absolute atomic E-state index is 0.0277. The summed E-state index contributed by atoms with van der Waals surface area (Å²) in [5, 5.41) is 4.42. The average Bonchev–Trinajstić information content (AvgIpc) is 3.10. The Hall–Kier alpha value is -2.51.